The lowest BCUT2D eigenvalue weighted by Gasteiger charge is -2.30. The number of nitrogens with zero attached hydrogens (tertiary/aromatic N) is 3. The van der Waals surface area contributed by atoms with Crippen molar-refractivity contribution in [3.63, 3.8) is 0 Å². The molecule has 0 aliphatic carbocycles. The Morgan fingerprint density at radius 3 is 2.43 bits per heavy atom. The van der Waals surface area contributed by atoms with Crippen molar-refractivity contribution in [2.24, 2.45) is 5.92 Å². The standard InChI is InChI=1S/C32H30Cl2N4O4/c1-19-21(17-38-15-12-20(13-16-38)32(40)41)11-14-35-30(19)36-27-8-4-6-24(29(27)34)23-5-3-7-25(28(23)33)26-10-9-22(18-39)31(37-26)42-2/h3-11,14,18,20H,12-13,15-17H2,1-2H3,(H,35,36)(H,40,41). The first-order valence-electron chi connectivity index (χ1n) is 13.5. The maximum atomic E-state index is 11.3. The van der Waals surface area contributed by atoms with Crippen LogP contribution in [-0.4, -0.2) is 52.4 Å². The number of hydrogen-bond acceptors (Lipinski definition) is 7. The van der Waals surface area contributed by atoms with Crippen molar-refractivity contribution in [1.82, 2.24) is 14.9 Å². The van der Waals surface area contributed by atoms with Crippen molar-refractivity contribution in [2.45, 2.75) is 26.3 Å². The number of carboxylic acids is 1. The summed E-state index contributed by atoms with van der Waals surface area (Å²) in [6.07, 6.45) is 3.78. The van der Waals surface area contributed by atoms with E-state index >= 15 is 0 Å². The van der Waals surface area contributed by atoms with Gasteiger partial charge in [0.2, 0.25) is 5.88 Å². The summed E-state index contributed by atoms with van der Waals surface area (Å²) in [6.45, 7) is 4.24. The molecule has 0 atom stereocenters. The molecule has 0 radical (unpaired) electrons. The zero-order valence-corrected chi connectivity index (χ0v) is 24.7. The van der Waals surface area contributed by atoms with Crippen LogP contribution in [0.3, 0.4) is 0 Å². The van der Waals surface area contributed by atoms with Crippen LogP contribution in [0, 0.1) is 12.8 Å². The summed E-state index contributed by atoms with van der Waals surface area (Å²) in [5.41, 5.74) is 5.86. The number of carbonyl (C=O) groups excluding carboxylic acids is 1. The Morgan fingerprint density at radius 2 is 1.74 bits per heavy atom. The number of ether oxygens (including phenoxy) is 1. The number of rotatable bonds is 9. The first-order chi connectivity index (χ1) is 20.3. The van der Waals surface area contributed by atoms with Gasteiger partial charge in [-0.1, -0.05) is 53.5 Å². The lowest BCUT2D eigenvalue weighted by atomic mass is 9.96. The second-order valence-electron chi connectivity index (χ2n) is 10.2. The van der Waals surface area contributed by atoms with Crippen molar-refractivity contribution < 1.29 is 19.4 Å². The van der Waals surface area contributed by atoms with Crippen molar-refractivity contribution in [3.8, 4) is 28.3 Å². The van der Waals surface area contributed by atoms with E-state index in [2.05, 4.69) is 20.2 Å². The number of methoxy groups -OCH3 is 1. The summed E-state index contributed by atoms with van der Waals surface area (Å²) in [7, 11) is 1.46. The van der Waals surface area contributed by atoms with E-state index in [1.807, 2.05) is 49.4 Å². The minimum Gasteiger partial charge on any atom is -0.481 e. The average molecular weight is 606 g/mol. The molecule has 0 bridgehead atoms. The molecule has 1 fully saturated rings. The zero-order valence-electron chi connectivity index (χ0n) is 23.2. The summed E-state index contributed by atoms with van der Waals surface area (Å²) in [4.78, 5) is 33.9. The van der Waals surface area contributed by atoms with Gasteiger partial charge in [0.15, 0.2) is 6.29 Å². The van der Waals surface area contributed by atoms with Crippen molar-refractivity contribution >= 4 is 47.0 Å². The molecule has 4 aromatic rings. The summed E-state index contributed by atoms with van der Waals surface area (Å²) in [6, 6.07) is 16.7. The number of nitrogens with one attached hydrogen (secondary N) is 1. The highest BCUT2D eigenvalue weighted by molar-refractivity contribution is 6.39. The Hall–Kier alpha value is -3.98. The number of aldehydes is 1. The van der Waals surface area contributed by atoms with Crippen LogP contribution in [0.15, 0.2) is 60.8 Å². The number of halogens is 2. The highest BCUT2D eigenvalue weighted by Crippen LogP contribution is 2.42. The number of aliphatic carboxylic acids is 1. The molecule has 0 saturated carbocycles. The Labute approximate surface area is 254 Å². The van der Waals surface area contributed by atoms with E-state index in [4.69, 9.17) is 27.9 Å². The molecule has 10 heteroatoms. The van der Waals surface area contributed by atoms with Crippen LogP contribution in [0.25, 0.3) is 22.4 Å². The van der Waals surface area contributed by atoms with E-state index in [0.717, 1.165) is 41.9 Å². The molecule has 1 aliphatic rings. The highest BCUT2D eigenvalue weighted by Gasteiger charge is 2.25. The molecule has 0 amide bonds. The van der Waals surface area contributed by atoms with E-state index < -0.39 is 5.97 Å². The SMILES string of the molecule is COc1nc(-c2cccc(-c3cccc(Nc4nccc(CN5CCC(C(=O)O)CC5)c4C)c3Cl)c2Cl)ccc1C=O. The molecule has 0 spiro atoms. The van der Waals surface area contributed by atoms with Crippen LogP contribution in [-0.2, 0) is 11.3 Å². The maximum absolute atomic E-state index is 11.3. The number of anilines is 2. The van der Waals surface area contributed by atoms with Crippen LogP contribution in [0.4, 0.5) is 11.5 Å². The van der Waals surface area contributed by atoms with Crippen LogP contribution in [0.1, 0.15) is 34.3 Å². The van der Waals surface area contributed by atoms with Gasteiger partial charge in [0, 0.05) is 29.4 Å². The summed E-state index contributed by atoms with van der Waals surface area (Å²) in [5, 5.41) is 13.6. The van der Waals surface area contributed by atoms with Crippen molar-refractivity contribution in [1.29, 1.82) is 0 Å². The molecule has 2 N–H and O–H groups in total. The Kier molecular flexibility index (Phi) is 9.06. The van der Waals surface area contributed by atoms with E-state index in [9.17, 15) is 14.7 Å². The van der Waals surface area contributed by atoms with E-state index in [1.54, 1.807) is 18.3 Å². The number of likely N-dealkylation sites (tertiary alicyclic amines) is 1. The smallest absolute Gasteiger partial charge is 0.306 e. The number of piperidine rings is 1. The molecule has 42 heavy (non-hydrogen) atoms. The molecule has 2 aromatic heterocycles. The molecule has 8 nitrogen and oxygen atoms in total. The molecule has 2 aromatic carbocycles. The van der Waals surface area contributed by atoms with E-state index in [1.165, 1.54) is 7.11 Å². The average Bonchev–Trinajstić information content (AvgIpc) is 3.00. The topological polar surface area (TPSA) is 105 Å². The largest absolute Gasteiger partial charge is 0.481 e. The number of carbonyl (C=O) groups is 2. The third kappa shape index (κ3) is 6.11. The minimum absolute atomic E-state index is 0.225. The molecule has 3 heterocycles. The van der Waals surface area contributed by atoms with Gasteiger partial charge in [-0.2, -0.15) is 0 Å². The molecule has 216 valence electrons. The normalized spacial score (nSPS) is 14.0. The van der Waals surface area contributed by atoms with Gasteiger partial charge in [0.25, 0.3) is 0 Å². The van der Waals surface area contributed by atoms with E-state index in [0.29, 0.717) is 57.5 Å². The maximum Gasteiger partial charge on any atom is 0.306 e. The van der Waals surface area contributed by atoms with Crippen LogP contribution >= 0.6 is 23.2 Å². The lowest BCUT2D eigenvalue weighted by Crippen LogP contribution is -2.36. The summed E-state index contributed by atoms with van der Waals surface area (Å²) in [5.74, 6) is -0.0531. The van der Waals surface area contributed by atoms with E-state index in [-0.39, 0.29) is 11.8 Å². The Morgan fingerprint density at radius 1 is 1.05 bits per heavy atom. The van der Waals surface area contributed by atoms with Gasteiger partial charge < -0.3 is 15.2 Å². The summed E-state index contributed by atoms with van der Waals surface area (Å²) >= 11 is 13.9. The minimum atomic E-state index is -0.710. The Bertz CT molecular complexity index is 1640. The third-order valence-corrected chi connectivity index (χ3v) is 8.49. The Balaban J connectivity index is 1.40. The molecular formula is C32H30Cl2N4O4. The second-order valence-corrected chi connectivity index (χ2v) is 11.0. The van der Waals surface area contributed by atoms with Gasteiger partial charge in [-0.25, -0.2) is 9.97 Å². The fraction of sp³-hybridized carbons (Fsp3) is 0.250. The second kappa shape index (κ2) is 12.9. The first-order valence-corrected chi connectivity index (χ1v) is 14.3. The summed E-state index contributed by atoms with van der Waals surface area (Å²) < 4.78 is 5.27. The lowest BCUT2D eigenvalue weighted by molar-refractivity contribution is -0.143. The number of benzene rings is 2. The van der Waals surface area contributed by atoms with Gasteiger partial charge in [0.1, 0.15) is 5.82 Å². The van der Waals surface area contributed by atoms with Gasteiger partial charge in [-0.05, 0) is 68.2 Å². The zero-order chi connectivity index (χ0) is 29.8. The van der Waals surface area contributed by atoms with Crippen LogP contribution in [0.2, 0.25) is 10.0 Å². The number of aromatic nitrogens is 2. The third-order valence-electron chi connectivity index (χ3n) is 7.67. The monoisotopic (exact) mass is 604 g/mol. The molecule has 1 aliphatic heterocycles. The quantitative estimate of drug-likeness (QED) is 0.192. The molecule has 5 rings (SSSR count). The highest BCUT2D eigenvalue weighted by atomic mass is 35.5. The fourth-order valence-corrected chi connectivity index (χ4v) is 5.81. The van der Waals surface area contributed by atoms with Crippen molar-refractivity contribution in [2.75, 3.05) is 25.5 Å². The molecule has 1 saturated heterocycles. The van der Waals surface area contributed by atoms with Gasteiger partial charge in [-0.15, -0.1) is 0 Å². The van der Waals surface area contributed by atoms with Crippen LogP contribution in [0.5, 0.6) is 5.88 Å². The first kappa shape index (κ1) is 29.5. The van der Waals surface area contributed by atoms with Crippen molar-refractivity contribution in [3.05, 3.63) is 87.5 Å². The van der Waals surface area contributed by atoms with Gasteiger partial charge >= 0.3 is 5.97 Å². The van der Waals surface area contributed by atoms with Gasteiger partial charge in [0.05, 0.1) is 40.0 Å². The number of pyridine rings is 2. The predicted molar refractivity (Wildman–Crippen MR) is 165 cm³/mol. The number of carboxylic acid groups (broad SMARTS) is 1. The number of hydrogen-bond donors (Lipinski definition) is 2. The molecular weight excluding hydrogens is 575 g/mol. The van der Waals surface area contributed by atoms with Crippen LogP contribution < -0.4 is 10.1 Å². The predicted octanol–water partition coefficient (Wildman–Crippen LogP) is 7.29. The molecule has 0 unspecified atom stereocenters. The van der Waals surface area contributed by atoms with Gasteiger partial charge in [-0.3, -0.25) is 14.5 Å². The fourth-order valence-electron chi connectivity index (χ4n) is 5.21.